The molecule has 0 unspecified atom stereocenters. The molecule has 1 aromatic heterocycles. The number of hydrogen-bond acceptors (Lipinski definition) is 2. The van der Waals surface area contributed by atoms with Gasteiger partial charge in [-0.05, 0) is 81.2 Å². The Morgan fingerprint density at radius 3 is 2.30 bits per heavy atom. The largest absolute Gasteiger partial charge is 0.330 e. The number of hydrogen-bond donors (Lipinski definition) is 1. The Kier molecular flexibility index (Phi) is 2.95. The molecule has 0 atom stereocenters. The molecule has 1 aromatic rings. The van der Waals surface area contributed by atoms with Crippen molar-refractivity contribution in [2.45, 2.75) is 63.8 Å². The van der Waals surface area contributed by atoms with Gasteiger partial charge in [-0.2, -0.15) is 5.10 Å². The summed E-state index contributed by atoms with van der Waals surface area (Å²) in [4.78, 5) is 0. The Balaban J connectivity index is 1.73. The third-order valence-corrected chi connectivity index (χ3v) is 6.16. The summed E-state index contributed by atoms with van der Waals surface area (Å²) < 4.78 is 2.46. The van der Waals surface area contributed by atoms with Gasteiger partial charge in [-0.15, -0.1) is 0 Å². The van der Waals surface area contributed by atoms with E-state index in [1.54, 1.807) is 0 Å². The predicted molar refractivity (Wildman–Crippen MR) is 80.5 cm³/mol. The standard InChI is InChI=1S/C17H27N3/c1-2-16-15(3-4-18)11-19-20(16)17-8-12-5-13(9-17)7-14(6-12)10-17/h11-14H,2-10,18H2,1H3. The SMILES string of the molecule is CCc1c(CCN)cnn1C12CC3CC(CC(C3)C1)C2. The summed E-state index contributed by atoms with van der Waals surface area (Å²) in [6.07, 6.45) is 12.8. The van der Waals surface area contributed by atoms with E-state index in [1.165, 1.54) is 49.8 Å². The Morgan fingerprint density at radius 1 is 1.20 bits per heavy atom. The van der Waals surface area contributed by atoms with E-state index in [9.17, 15) is 0 Å². The molecule has 4 fully saturated rings. The summed E-state index contributed by atoms with van der Waals surface area (Å²) in [5.41, 5.74) is 8.99. The first-order valence-electron chi connectivity index (χ1n) is 8.50. The highest BCUT2D eigenvalue weighted by Gasteiger charge is 2.52. The van der Waals surface area contributed by atoms with Crippen molar-refractivity contribution in [2.75, 3.05) is 6.54 Å². The van der Waals surface area contributed by atoms with E-state index in [0.29, 0.717) is 5.54 Å². The van der Waals surface area contributed by atoms with Gasteiger partial charge in [0.15, 0.2) is 0 Å². The van der Waals surface area contributed by atoms with Crippen LogP contribution in [0.1, 0.15) is 56.7 Å². The first-order chi connectivity index (χ1) is 9.74. The van der Waals surface area contributed by atoms with Gasteiger partial charge < -0.3 is 5.73 Å². The lowest BCUT2D eigenvalue weighted by atomic mass is 9.53. The fraction of sp³-hybridized carbons (Fsp3) is 0.824. The molecule has 3 heteroatoms. The zero-order chi connectivity index (χ0) is 13.7. The quantitative estimate of drug-likeness (QED) is 0.916. The van der Waals surface area contributed by atoms with Crippen LogP contribution in [0.25, 0.3) is 0 Å². The van der Waals surface area contributed by atoms with Crippen LogP contribution in [0.3, 0.4) is 0 Å². The second kappa shape index (κ2) is 4.59. The summed E-state index contributed by atoms with van der Waals surface area (Å²) in [7, 11) is 0. The monoisotopic (exact) mass is 273 g/mol. The summed E-state index contributed by atoms with van der Waals surface area (Å²) >= 11 is 0. The van der Waals surface area contributed by atoms with Gasteiger partial charge >= 0.3 is 0 Å². The Labute approximate surface area is 121 Å². The topological polar surface area (TPSA) is 43.8 Å². The van der Waals surface area contributed by atoms with Crippen LogP contribution < -0.4 is 5.73 Å². The van der Waals surface area contributed by atoms with E-state index in [0.717, 1.165) is 37.1 Å². The lowest BCUT2D eigenvalue weighted by molar-refractivity contribution is -0.0507. The molecule has 2 N–H and O–H groups in total. The van der Waals surface area contributed by atoms with Gasteiger partial charge in [0.2, 0.25) is 0 Å². The highest BCUT2D eigenvalue weighted by atomic mass is 15.3. The molecular formula is C17H27N3. The number of aromatic nitrogens is 2. The highest BCUT2D eigenvalue weighted by Crippen LogP contribution is 2.58. The van der Waals surface area contributed by atoms with Gasteiger partial charge in [-0.25, -0.2) is 0 Å². The zero-order valence-corrected chi connectivity index (χ0v) is 12.6. The van der Waals surface area contributed by atoms with Crippen LogP contribution in [0.15, 0.2) is 6.20 Å². The second-order valence-corrected chi connectivity index (χ2v) is 7.56. The molecule has 4 aliphatic carbocycles. The third kappa shape index (κ3) is 1.78. The van der Waals surface area contributed by atoms with E-state index in [4.69, 9.17) is 10.8 Å². The molecular weight excluding hydrogens is 246 g/mol. The van der Waals surface area contributed by atoms with Gasteiger partial charge in [-0.1, -0.05) is 6.92 Å². The molecule has 0 saturated heterocycles. The van der Waals surface area contributed by atoms with Crippen LogP contribution in [-0.4, -0.2) is 16.3 Å². The van der Waals surface area contributed by atoms with Crippen LogP contribution in [0.5, 0.6) is 0 Å². The lowest BCUT2D eigenvalue weighted by Crippen LogP contribution is -2.52. The Morgan fingerprint density at radius 2 is 1.80 bits per heavy atom. The smallest absolute Gasteiger partial charge is 0.0638 e. The van der Waals surface area contributed by atoms with Crippen molar-refractivity contribution in [3.63, 3.8) is 0 Å². The van der Waals surface area contributed by atoms with E-state index < -0.39 is 0 Å². The minimum atomic E-state index is 0.368. The van der Waals surface area contributed by atoms with Crippen molar-refractivity contribution in [1.82, 2.24) is 9.78 Å². The molecule has 0 aliphatic heterocycles. The van der Waals surface area contributed by atoms with E-state index in [-0.39, 0.29) is 0 Å². The fourth-order valence-electron chi connectivity index (χ4n) is 5.88. The van der Waals surface area contributed by atoms with E-state index in [2.05, 4.69) is 17.8 Å². The molecule has 4 aliphatic rings. The first-order valence-corrected chi connectivity index (χ1v) is 8.50. The Hall–Kier alpha value is -0.830. The van der Waals surface area contributed by atoms with Crippen molar-refractivity contribution in [1.29, 1.82) is 0 Å². The second-order valence-electron chi connectivity index (χ2n) is 7.56. The van der Waals surface area contributed by atoms with E-state index >= 15 is 0 Å². The van der Waals surface area contributed by atoms with Gasteiger partial charge in [-0.3, -0.25) is 4.68 Å². The molecule has 4 bridgehead atoms. The number of rotatable bonds is 4. The molecule has 4 saturated carbocycles. The van der Waals surface area contributed by atoms with Crippen molar-refractivity contribution < 1.29 is 0 Å². The summed E-state index contributed by atoms with van der Waals surface area (Å²) in [6, 6.07) is 0. The lowest BCUT2D eigenvalue weighted by Gasteiger charge is -2.57. The molecule has 1 heterocycles. The molecule has 0 radical (unpaired) electrons. The van der Waals surface area contributed by atoms with Crippen LogP contribution in [0.4, 0.5) is 0 Å². The molecule has 3 nitrogen and oxygen atoms in total. The van der Waals surface area contributed by atoms with Crippen LogP contribution in [-0.2, 0) is 18.4 Å². The maximum absolute atomic E-state index is 5.76. The van der Waals surface area contributed by atoms with Crippen molar-refractivity contribution in [3.8, 4) is 0 Å². The highest BCUT2D eigenvalue weighted by molar-refractivity contribution is 5.21. The maximum atomic E-state index is 5.76. The molecule has 0 aromatic carbocycles. The molecule has 110 valence electrons. The maximum Gasteiger partial charge on any atom is 0.0638 e. The Bertz CT molecular complexity index is 467. The predicted octanol–water partition coefficient (Wildman–Crippen LogP) is 2.87. The fourth-order valence-corrected chi connectivity index (χ4v) is 5.88. The average Bonchev–Trinajstić information content (AvgIpc) is 2.81. The van der Waals surface area contributed by atoms with Crippen LogP contribution >= 0.6 is 0 Å². The van der Waals surface area contributed by atoms with Crippen molar-refractivity contribution in [2.24, 2.45) is 23.5 Å². The molecule has 0 spiro atoms. The summed E-state index contributed by atoms with van der Waals surface area (Å²) in [6.45, 7) is 3.01. The third-order valence-electron chi connectivity index (χ3n) is 6.16. The van der Waals surface area contributed by atoms with Gasteiger partial charge in [0, 0.05) is 5.69 Å². The summed E-state index contributed by atoms with van der Waals surface area (Å²) in [5.74, 6) is 2.94. The van der Waals surface area contributed by atoms with Crippen molar-refractivity contribution in [3.05, 3.63) is 17.5 Å². The normalized spacial score (nSPS) is 38.6. The van der Waals surface area contributed by atoms with Crippen molar-refractivity contribution >= 4 is 0 Å². The number of nitrogens with two attached hydrogens (primary N) is 1. The zero-order valence-electron chi connectivity index (χ0n) is 12.6. The first kappa shape index (κ1) is 12.9. The minimum absolute atomic E-state index is 0.368. The molecule has 5 rings (SSSR count). The summed E-state index contributed by atoms with van der Waals surface area (Å²) in [5, 5.41) is 4.86. The van der Waals surface area contributed by atoms with Crippen LogP contribution in [0, 0.1) is 17.8 Å². The van der Waals surface area contributed by atoms with E-state index in [1.807, 2.05) is 0 Å². The number of nitrogens with zero attached hydrogens (tertiary/aromatic N) is 2. The molecule has 0 amide bonds. The van der Waals surface area contributed by atoms with Gasteiger partial charge in [0.25, 0.3) is 0 Å². The van der Waals surface area contributed by atoms with Crippen LogP contribution in [0.2, 0.25) is 0 Å². The minimum Gasteiger partial charge on any atom is -0.330 e. The average molecular weight is 273 g/mol. The van der Waals surface area contributed by atoms with Gasteiger partial charge in [0.05, 0.1) is 11.7 Å². The van der Waals surface area contributed by atoms with Gasteiger partial charge in [0.1, 0.15) is 0 Å². The molecule has 20 heavy (non-hydrogen) atoms.